The van der Waals surface area contributed by atoms with E-state index < -0.39 is 5.97 Å². The van der Waals surface area contributed by atoms with Gasteiger partial charge in [-0.3, -0.25) is 4.79 Å². The number of aliphatic hydroxyl groups is 1. The Morgan fingerprint density at radius 3 is 2.77 bits per heavy atom. The van der Waals surface area contributed by atoms with E-state index in [9.17, 15) is 9.90 Å². The Labute approximate surface area is 82.5 Å². The van der Waals surface area contributed by atoms with E-state index in [1.165, 1.54) is 0 Å². The van der Waals surface area contributed by atoms with Gasteiger partial charge in [0.2, 0.25) is 0 Å². The maximum absolute atomic E-state index is 10.3. The summed E-state index contributed by atoms with van der Waals surface area (Å²) in [4.78, 5) is 10.3. The van der Waals surface area contributed by atoms with E-state index in [1.54, 1.807) is 0 Å². The molecule has 3 nitrogen and oxygen atoms in total. The SMILES string of the molecule is O=C(O)CCC1CCSCCC1O. The molecule has 0 aromatic rings. The van der Waals surface area contributed by atoms with Crippen molar-refractivity contribution in [2.24, 2.45) is 5.92 Å². The smallest absolute Gasteiger partial charge is 0.303 e. The first-order chi connectivity index (χ1) is 6.20. The number of carbonyl (C=O) groups is 1. The second-order valence-corrected chi connectivity index (χ2v) is 4.67. The molecule has 0 aliphatic carbocycles. The van der Waals surface area contributed by atoms with E-state index >= 15 is 0 Å². The van der Waals surface area contributed by atoms with E-state index in [0.29, 0.717) is 6.42 Å². The molecule has 4 heteroatoms. The molecule has 2 unspecified atom stereocenters. The maximum Gasteiger partial charge on any atom is 0.303 e. The summed E-state index contributed by atoms with van der Waals surface area (Å²) >= 11 is 1.85. The molecule has 2 atom stereocenters. The largest absolute Gasteiger partial charge is 0.481 e. The van der Waals surface area contributed by atoms with Crippen LogP contribution in [0, 0.1) is 5.92 Å². The molecule has 1 rings (SSSR count). The van der Waals surface area contributed by atoms with Gasteiger partial charge in [0.15, 0.2) is 0 Å². The molecule has 0 radical (unpaired) electrons. The van der Waals surface area contributed by atoms with Gasteiger partial charge in [0, 0.05) is 6.42 Å². The molecule has 0 spiro atoms. The highest BCUT2D eigenvalue weighted by Crippen LogP contribution is 2.25. The van der Waals surface area contributed by atoms with E-state index in [1.807, 2.05) is 11.8 Å². The number of rotatable bonds is 3. The van der Waals surface area contributed by atoms with Crippen LogP contribution >= 0.6 is 11.8 Å². The molecule has 13 heavy (non-hydrogen) atoms. The first kappa shape index (κ1) is 10.9. The lowest BCUT2D eigenvalue weighted by Crippen LogP contribution is -2.20. The standard InChI is InChI=1S/C9H16O3S/c10-8-4-6-13-5-3-7(8)1-2-9(11)12/h7-8,10H,1-6H2,(H,11,12). The van der Waals surface area contributed by atoms with Crippen molar-refractivity contribution in [1.82, 2.24) is 0 Å². The second kappa shape index (κ2) is 5.50. The van der Waals surface area contributed by atoms with Crippen LogP contribution in [-0.4, -0.2) is 33.8 Å². The second-order valence-electron chi connectivity index (χ2n) is 3.45. The fraction of sp³-hybridized carbons (Fsp3) is 0.889. The summed E-state index contributed by atoms with van der Waals surface area (Å²) in [5.41, 5.74) is 0. The Hall–Kier alpha value is -0.220. The quantitative estimate of drug-likeness (QED) is 0.728. The van der Waals surface area contributed by atoms with Crippen LogP contribution in [-0.2, 0) is 4.79 Å². The normalized spacial score (nSPS) is 29.6. The molecule has 2 N–H and O–H groups in total. The average molecular weight is 204 g/mol. The van der Waals surface area contributed by atoms with Crippen molar-refractivity contribution in [2.75, 3.05) is 11.5 Å². The van der Waals surface area contributed by atoms with Gasteiger partial charge in [-0.15, -0.1) is 0 Å². The molecule has 1 aliphatic heterocycles. The third kappa shape index (κ3) is 4.00. The summed E-state index contributed by atoms with van der Waals surface area (Å²) in [6.07, 6.45) is 2.30. The molecule has 76 valence electrons. The van der Waals surface area contributed by atoms with Crippen LogP contribution in [0.15, 0.2) is 0 Å². The molecule has 0 aromatic heterocycles. The highest BCUT2D eigenvalue weighted by atomic mass is 32.2. The Morgan fingerprint density at radius 2 is 2.08 bits per heavy atom. The Bertz CT molecular complexity index is 172. The number of carboxylic acid groups (broad SMARTS) is 1. The predicted molar refractivity (Wildman–Crippen MR) is 52.9 cm³/mol. The topological polar surface area (TPSA) is 57.5 Å². The molecular weight excluding hydrogens is 188 g/mol. The molecule has 0 bridgehead atoms. The average Bonchev–Trinajstić information content (AvgIpc) is 2.27. The fourth-order valence-corrected chi connectivity index (χ4v) is 2.70. The molecule has 0 amide bonds. The molecule has 1 fully saturated rings. The van der Waals surface area contributed by atoms with E-state index in [2.05, 4.69) is 0 Å². The van der Waals surface area contributed by atoms with E-state index in [-0.39, 0.29) is 18.4 Å². The first-order valence-electron chi connectivity index (χ1n) is 4.67. The minimum Gasteiger partial charge on any atom is -0.481 e. The third-order valence-corrected chi connectivity index (χ3v) is 3.51. The van der Waals surface area contributed by atoms with Crippen LogP contribution in [0.5, 0.6) is 0 Å². The molecule has 1 heterocycles. The lowest BCUT2D eigenvalue weighted by molar-refractivity contribution is -0.137. The van der Waals surface area contributed by atoms with Crippen LogP contribution < -0.4 is 0 Å². The van der Waals surface area contributed by atoms with Gasteiger partial charge >= 0.3 is 5.97 Å². The summed E-state index contributed by atoms with van der Waals surface area (Å²) in [6.45, 7) is 0. The predicted octanol–water partition coefficient (Wildman–Crippen LogP) is 1.36. The number of hydrogen-bond acceptors (Lipinski definition) is 3. The first-order valence-corrected chi connectivity index (χ1v) is 5.83. The van der Waals surface area contributed by atoms with E-state index in [0.717, 1.165) is 24.3 Å². The summed E-state index contributed by atoms with van der Waals surface area (Å²) in [6, 6.07) is 0. The van der Waals surface area contributed by atoms with E-state index in [4.69, 9.17) is 5.11 Å². The number of thioether (sulfide) groups is 1. The van der Waals surface area contributed by atoms with Crippen LogP contribution in [0.25, 0.3) is 0 Å². The van der Waals surface area contributed by atoms with Gasteiger partial charge in [0.25, 0.3) is 0 Å². The number of carboxylic acids is 1. The molecule has 0 saturated carbocycles. The maximum atomic E-state index is 10.3. The van der Waals surface area contributed by atoms with Crippen LogP contribution in [0.1, 0.15) is 25.7 Å². The Balaban J connectivity index is 2.31. The lowest BCUT2D eigenvalue weighted by Gasteiger charge is -2.18. The van der Waals surface area contributed by atoms with Crippen LogP contribution in [0.2, 0.25) is 0 Å². The number of aliphatic hydroxyl groups excluding tert-OH is 1. The number of hydrogen-bond donors (Lipinski definition) is 2. The zero-order valence-electron chi connectivity index (χ0n) is 7.61. The highest BCUT2D eigenvalue weighted by molar-refractivity contribution is 7.99. The van der Waals surface area contributed by atoms with Gasteiger partial charge in [-0.25, -0.2) is 0 Å². The summed E-state index contributed by atoms with van der Waals surface area (Å²) in [7, 11) is 0. The fourth-order valence-electron chi connectivity index (χ4n) is 1.61. The Morgan fingerprint density at radius 1 is 1.38 bits per heavy atom. The zero-order chi connectivity index (χ0) is 9.68. The minimum atomic E-state index is -0.760. The lowest BCUT2D eigenvalue weighted by atomic mass is 9.93. The van der Waals surface area contributed by atoms with Crippen LogP contribution in [0.4, 0.5) is 0 Å². The molecule has 1 saturated heterocycles. The summed E-state index contributed by atoms with van der Waals surface area (Å²) < 4.78 is 0. The third-order valence-electron chi connectivity index (χ3n) is 2.46. The molecule has 0 aromatic carbocycles. The van der Waals surface area contributed by atoms with Crippen LogP contribution in [0.3, 0.4) is 0 Å². The minimum absolute atomic E-state index is 0.187. The van der Waals surface area contributed by atoms with Crippen molar-refractivity contribution < 1.29 is 15.0 Å². The zero-order valence-corrected chi connectivity index (χ0v) is 8.42. The van der Waals surface area contributed by atoms with Crippen molar-refractivity contribution in [3.63, 3.8) is 0 Å². The van der Waals surface area contributed by atoms with Crippen molar-refractivity contribution in [2.45, 2.75) is 31.8 Å². The molecular formula is C9H16O3S. The summed E-state index contributed by atoms with van der Waals surface area (Å²) in [5, 5.41) is 18.2. The van der Waals surface area contributed by atoms with Gasteiger partial charge in [-0.2, -0.15) is 11.8 Å². The van der Waals surface area contributed by atoms with Gasteiger partial charge in [-0.05, 0) is 36.7 Å². The Kier molecular flexibility index (Phi) is 4.59. The van der Waals surface area contributed by atoms with Gasteiger partial charge in [0.05, 0.1) is 6.10 Å². The number of aliphatic carboxylic acids is 1. The highest BCUT2D eigenvalue weighted by Gasteiger charge is 2.22. The van der Waals surface area contributed by atoms with Crippen molar-refractivity contribution in [3.05, 3.63) is 0 Å². The van der Waals surface area contributed by atoms with Crippen molar-refractivity contribution >= 4 is 17.7 Å². The van der Waals surface area contributed by atoms with Crippen molar-refractivity contribution in [3.8, 4) is 0 Å². The monoisotopic (exact) mass is 204 g/mol. The summed E-state index contributed by atoms with van der Waals surface area (Å²) in [5.74, 6) is 1.50. The molecule has 1 aliphatic rings. The van der Waals surface area contributed by atoms with Gasteiger partial charge in [0.1, 0.15) is 0 Å². The van der Waals surface area contributed by atoms with Gasteiger partial charge in [-0.1, -0.05) is 0 Å². The van der Waals surface area contributed by atoms with Gasteiger partial charge < -0.3 is 10.2 Å². The van der Waals surface area contributed by atoms with Crippen molar-refractivity contribution in [1.29, 1.82) is 0 Å².